The minimum atomic E-state index is -0.109. The Morgan fingerprint density at radius 3 is 2.81 bits per heavy atom. The lowest BCUT2D eigenvalue weighted by Gasteiger charge is -2.26. The van der Waals surface area contributed by atoms with Gasteiger partial charge in [-0.1, -0.05) is 23.4 Å². The number of pyridine rings is 1. The molecule has 0 aliphatic rings. The van der Waals surface area contributed by atoms with Crippen molar-refractivity contribution in [3.63, 3.8) is 0 Å². The van der Waals surface area contributed by atoms with Crippen molar-refractivity contribution in [1.82, 2.24) is 20.0 Å². The van der Waals surface area contributed by atoms with Gasteiger partial charge in [-0.15, -0.1) is 0 Å². The molecule has 2 aromatic heterocycles. The molecule has 0 N–H and O–H groups in total. The number of amides is 1. The maximum Gasteiger partial charge on any atom is 0.227 e. The van der Waals surface area contributed by atoms with Crippen LogP contribution in [0.3, 0.4) is 0 Å². The van der Waals surface area contributed by atoms with Crippen molar-refractivity contribution >= 4 is 5.91 Å². The monoisotopic (exact) mass is 366 g/mol. The molecule has 140 valence electrons. The van der Waals surface area contributed by atoms with Gasteiger partial charge in [0, 0.05) is 43.4 Å². The van der Waals surface area contributed by atoms with Crippen LogP contribution in [0.25, 0.3) is 11.4 Å². The number of nitrogens with zero attached hydrogens (tertiary/aromatic N) is 4. The van der Waals surface area contributed by atoms with Crippen LogP contribution in [0.4, 0.5) is 0 Å². The second-order valence-corrected chi connectivity index (χ2v) is 6.18. The predicted molar refractivity (Wildman–Crippen MR) is 100 cm³/mol. The number of methoxy groups -OCH3 is 1. The van der Waals surface area contributed by atoms with Gasteiger partial charge < -0.3 is 14.2 Å². The van der Waals surface area contributed by atoms with Gasteiger partial charge in [-0.2, -0.15) is 4.98 Å². The van der Waals surface area contributed by atoms with Gasteiger partial charge in [0.05, 0.1) is 13.2 Å². The molecule has 27 heavy (non-hydrogen) atoms. The van der Waals surface area contributed by atoms with Crippen molar-refractivity contribution < 1.29 is 14.1 Å². The Kier molecular flexibility index (Phi) is 5.80. The van der Waals surface area contributed by atoms with E-state index >= 15 is 0 Å². The molecule has 0 saturated carbocycles. The molecule has 3 aromatic rings. The molecule has 0 spiro atoms. The molecule has 0 saturated heterocycles. The Morgan fingerprint density at radius 1 is 1.26 bits per heavy atom. The van der Waals surface area contributed by atoms with Crippen molar-refractivity contribution in [1.29, 1.82) is 0 Å². The highest BCUT2D eigenvalue weighted by Crippen LogP contribution is 2.28. The molecule has 0 aliphatic carbocycles. The van der Waals surface area contributed by atoms with E-state index in [1.165, 1.54) is 0 Å². The van der Waals surface area contributed by atoms with Crippen molar-refractivity contribution in [2.24, 2.45) is 0 Å². The van der Waals surface area contributed by atoms with Crippen LogP contribution in [0.15, 0.2) is 53.3 Å². The largest absolute Gasteiger partial charge is 0.496 e. The lowest BCUT2D eigenvalue weighted by atomic mass is 10.1. The standard InChI is InChI=1S/C20H22N4O3/c1-14(16-8-4-5-9-17(16)26-3)24(2)19(25)11-10-18-22-20(23-27-18)15-7-6-12-21-13-15/h4-9,12-14H,10-11H2,1-3H3. The minimum Gasteiger partial charge on any atom is -0.496 e. The molecular weight excluding hydrogens is 344 g/mol. The van der Waals surface area contributed by atoms with E-state index in [9.17, 15) is 4.79 Å². The van der Waals surface area contributed by atoms with E-state index in [0.717, 1.165) is 16.9 Å². The van der Waals surface area contributed by atoms with Gasteiger partial charge in [-0.05, 0) is 25.1 Å². The smallest absolute Gasteiger partial charge is 0.227 e. The fourth-order valence-corrected chi connectivity index (χ4v) is 2.80. The summed E-state index contributed by atoms with van der Waals surface area (Å²) in [5.74, 6) is 1.67. The van der Waals surface area contributed by atoms with Gasteiger partial charge in [0.25, 0.3) is 0 Å². The zero-order valence-electron chi connectivity index (χ0n) is 15.6. The van der Waals surface area contributed by atoms with E-state index in [1.807, 2.05) is 43.3 Å². The molecule has 7 nitrogen and oxygen atoms in total. The van der Waals surface area contributed by atoms with Gasteiger partial charge in [-0.25, -0.2) is 0 Å². The Hall–Kier alpha value is -3.22. The van der Waals surface area contributed by atoms with Gasteiger partial charge in [-0.3, -0.25) is 9.78 Å². The zero-order chi connectivity index (χ0) is 19.2. The number of carbonyl (C=O) groups excluding carboxylic acids is 1. The van der Waals surface area contributed by atoms with Crippen molar-refractivity contribution in [2.75, 3.05) is 14.2 Å². The van der Waals surface area contributed by atoms with Gasteiger partial charge in [0.1, 0.15) is 5.75 Å². The van der Waals surface area contributed by atoms with Crippen molar-refractivity contribution in [2.45, 2.75) is 25.8 Å². The second-order valence-electron chi connectivity index (χ2n) is 6.18. The van der Waals surface area contributed by atoms with E-state index in [0.29, 0.717) is 18.1 Å². The molecule has 3 rings (SSSR count). The molecule has 0 aliphatic heterocycles. The first-order chi connectivity index (χ1) is 13.1. The number of aryl methyl sites for hydroxylation is 1. The summed E-state index contributed by atoms with van der Waals surface area (Å²) in [6.07, 6.45) is 4.02. The molecule has 0 radical (unpaired) electrons. The number of carbonyl (C=O) groups is 1. The van der Waals surface area contributed by atoms with Crippen molar-refractivity contribution in [3.05, 3.63) is 60.2 Å². The van der Waals surface area contributed by atoms with E-state index in [2.05, 4.69) is 15.1 Å². The summed E-state index contributed by atoms with van der Waals surface area (Å²) >= 11 is 0. The van der Waals surface area contributed by atoms with Crippen molar-refractivity contribution in [3.8, 4) is 17.1 Å². The topological polar surface area (TPSA) is 81.4 Å². The minimum absolute atomic E-state index is 0.00506. The van der Waals surface area contributed by atoms with E-state index < -0.39 is 0 Å². The van der Waals surface area contributed by atoms with Crippen LogP contribution in [0.1, 0.15) is 30.8 Å². The zero-order valence-corrected chi connectivity index (χ0v) is 15.6. The first kappa shape index (κ1) is 18.6. The van der Waals surface area contributed by atoms with Crippen LogP contribution in [-0.2, 0) is 11.2 Å². The lowest BCUT2D eigenvalue weighted by molar-refractivity contribution is -0.131. The second kappa shape index (κ2) is 8.44. The summed E-state index contributed by atoms with van der Waals surface area (Å²) < 4.78 is 10.6. The summed E-state index contributed by atoms with van der Waals surface area (Å²) in [6.45, 7) is 1.98. The molecule has 1 unspecified atom stereocenters. The van der Waals surface area contributed by atoms with Gasteiger partial charge in [0.2, 0.25) is 17.6 Å². The van der Waals surface area contributed by atoms with E-state index in [-0.39, 0.29) is 18.4 Å². The summed E-state index contributed by atoms with van der Waals surface area (Å²) in [5, 5.41) is 3.95. The molecule has 1 amide bonds. The SMILES string of the molecule is COc1ccccc1C(C)N(C)C(=O)CCc1nc(-c2cccnc2)no1. The first-order valence-corrected chi connectivity index (χ1v) is 8.71. The third-order valence-electron chi connectivity index (χ3n) is 4.50. The summed E-state index contributed by atoms with van der Waals surface area (Å²) in [7, 11) is 3.41. The van der Waals surface area contributed by atoms with Crippen LogP contribution >= 0.6 is 0 Å². The fourth-order valence-electron chi connectivity index (χ4n) is 2.80. The van der Waals surface area contributed by atoms with Gasteiger partial charge >= 0.3 is 0 Å². The van der Waals surface area contributed by atoms with Crippen LogP contribution < -0.4 is 4.74 Å². The molecule has 7 heteroatoms. The molecule has 2 heterocycles. The number of hydrogen-bond donors (Lipinski definition) is 0. The van der Waals surface area contributed by atoms with E-state index in [4.69, 9.17) is 9.26 Å². The number of rotatable bonds is 7. The molecule has 0 bridgehead atoms. The Balaban J connectivity index is 1.61. The molecule has 0 fully saturated rings. The number of ether oxygens (including phenoxy) is 1. The van der Waals surface area contributed by atoms with Crippen LogP contribution in [0, 0.1) is 0 Å². The predicted octanol–water partition coefficient (Wildman–Crippen LogP) is 3.29. The first-order valence-electron chi connectivity index (χ1n) is 8.71. The van der Waals surface area contributed by atoms with E-state index in [1.54, 1.807) is 31.5 Å². The highest BCUT2D eigenvalue weighted by molar-refractivity contribution is 5.76. The van der Waals surface area contributed by atoms with Crippen LogP contribution in [-0.4, -0.2) is 40.1 Å². The number of benzene rings is 1. The number of para-hydroxylation sites is 1. The summed E-state index contributed by atoms with van der Waals surface area (Å²) in [4.78, 5) is 22.7. The van der Waals surface area contributed by atoms with Crippen LogP contribution in [0.5, 0.6) is 5.75 Å². The van der Waals surface area contributed by atoms with Gasteiger partial charge in [0.15, 0.2) is 0 Å². The summed E-state index contributed by atoms with van der Waals surface area (Å²) in [6, 6.07) is 11.3. The highest BCUT2D eigenvalue weighted by Gasteiger charge is 2.21. The Labute approximate surface area is 158 Å². The molecule has 1 atom stereocenters. The van der Waals surface area contributed by atoms with Crippen LogP contribution in [0.2, 0.25) is 0 Å². The normalized spacial score (nSPS) is 11.8. The third kappa shape index (κ3) is 4.31. The quantitative estimate of drug-likeness (QED) is 0.638. The fraction of sp³-hybridized carbons (Fsp3) is 0.300. The molecule has 1 aromatic carbocycles. The highest BCUT2D eigenvalue weighted by atomic mass is 16.5. The Morgan fingerprint density at radius 2 is 2.07 bits per heavy atom. The maximum atomic E-state index is 12.6. The summed E-state index contributed by atoms with van der Waals surface area (Å²) in [5.41, 5.74) is 1.74. The number of aromatic nitrogens is 3. The average Bonchev–Trinajstić information content (AvgIpc) is 3.20. The lowest BCUT2D eigenvalue weighted by Crippen LogP contribution is -2.30. The average molecular weight is 366 g/mol. The Bertz CT molecular complexity index is 895. The number of hydrogen-bond acceptors (Lipinski definition) is 6. The maximum absolute atomic E-state index is 12.6. The molecular formula is C20H22N4O3. The third-order valence-corrected chi connectivity index (χ3v) is 4.50.